The first-order chi connectivity index (χ1) is 8.04. The van der Waals surface area contributed by atoms with Gasteiger partial charge in [0.2, 0.25) is 5.91 Å². The summed E-state index contributed by atoms with van der Waals surface area (Å²) in [5, 5.41) is 11.9. The van der Waals surface area contributed by atoms with Crippen molar-refractivity contribution in [1.82, 2.24) is 10.2 Å². The second-order valence-corrected chi connectivity index (χ2v) is 4.73. The van der Waals surface area contributed by atoms with Gasteiger partial charge in [0.05, 0.1) is 12.6 Å². The van der Waals surface area contributed by atoms with Crippen LogP contribution in [0.5, 0.6) is 0 Å². The third kappa shape index (κ3) is 6.64. The van der Waals surface area contributed by atoms with E-state index in [2.05, 4.69) is 12.2 Å². The molecule has 0 bridgehead atoms. The SMILES string of the molecule is CCCCCNC(=O)C(C)N(CCO)C(C)C. The molecule has 0 rings (SSSR count). The molecular weight excluding hydrogens is 216 g/mol. The number of aliphatic hydroxyl groups is 1. The molecule has 102 valence electrons. The van der Waals surface area contributed by atoms with Crippen molar-refractivity contribution in [3.05, 3.63) is 0 Å². The molecule has 1 amide bonds. The number of carbonyl (C=O) groups is 1. The summed E-state index contributed by atoms with van der Waals surface area (Å²) in [5.41, 5.74) is 0. The molecule has 4 heteroatoms. The van der Waals surface area contributed by atoms with Crippen LogP contribution < -0.4 is 5.32 Å². The van der Waals surface area contributed by atoms with Crippen LogP contribution in [0.15, 0.2) is 0 Å². The highest BCUT2D eigenvalue weighted by atomic mass is 16.3. The maximum Gasteiger partial charge on any atom is 0.237 e. The topological polar surface area (TPSA) is 52.6 Å². The Kier molecular flexibility index (Phi) is 9.09. The van der Waals surface area contributed by atoms with Crippen molar-refractivity contribution < 1.29 is 9.90 Å². The van der Waals surface area contributed by atoms with Gasteiger partial charge in [-0.25, -0.2) is 0 Å². The Morgan fingerprint density at radius 2 is 1.94 bits per heavy atom. The maximum absolute atomic E-state index is 11.9. The number of nitrogens with zero attached hydrogens (tertiary/aromatic N) is 1. The summed E-state index contributed by atoms with van der Waals surface area (Å²) < 4.78 is 0. The number of rotatable bonds is 9. The van der Waals surface area contributed by atoms with Crippen molar-refractivity contribution in [2.24, 2.45) is 0 Å². The summed E-state index contributed by atoms with van der Waals surface area (Å²) in [4.78, 5) is 13.9. The van der Waals surface area contributed by atoms with Crippen LogP contribution in [0.3, 0.4) is 0 Å². The van der Waals surface area contributed by atoms with E-state index in [4.69, 9.17) is 5.11 Å². The Bertz CT molecular complexity index is 208. The average molecular weight is 244 g/mol. The number of hydrogen-bond donors (Lipinski definition) is 2. The predicted octanol–water partition coefficient (Wildman–Crippen LogP) is 1.38. The molecule has 4 nitrogen and oxygen atoms in total. The van der Waals surface area contributed by atoms with Gasteiger partial charge in [0.1, 0.15) is 0 Å². The van der Waals surface area contributed by atoms with Crippen LogP contribution in [0.1, 0.15) is 47.0 Å². The molecule has 1 atom stereocenters. The molecule has 0 aliphatic rings. The van der Waals surface area contributed by atoms with Gasteiger partial charge >= 0.3 is 0 Å². The van der Waals surface area contributed by atoms with Gasteiger partial charge in [0.25, 0.3) is 0 Å². The van der Waals surface area contributed by atoms with Crippen LogP contribution >= 0.6 is 0 Å². The van der Waals surface area contributed by atoms with Crippen molar-refractivity contribution >= 4 is 5.91 Å². The minimum Gasteiger partial charge on any atom is -0.395 e. The molecule has 0 saturated heterocycles. The van der Waals surface area contributed by atoms with Gasteiger partial charge < -0.3 is 10.4 Å². The number of unbranched alkanes of at least 4 members (excludes halogenated alkanes) is 2. The monoisotopic (exact) mass is 244 g/mol. The third-order valence-electron chi connectivity index (χ3n) is 2.98. The number of amides is 1. The number of aliphatic hydroxyl groups excluding tert-OH is 1. The molecule has 0 heterocycles. The van der Waals surface area contributed by atoms with Crippen molar-refractivity contribution in [2.45, 2.75) is 59.0 Å². The third-order valence-corrected chi connectivity index (χ3v) is 2.98. The summed E-state index contributed by atoms with van der Waals surface area (Å²) in [6.45, 7) is 9.50. The van der Waals surface area contributed by atoms with E-state index in [1.807, 2.05) is 25.7 Å². The average Bonchev–Trinajstić information content (AvgIpc) is 2.30. The van der Waals surface area contributed by atoms with E-state index in [1.165, 1.54) is 0 Å². The lowest BCUT2D eigenvalue weighted by Gasteiger charge is -2.31. The van der Waals surface area contributed by atoms with Crippen LogP contribution in [0.25, 0.3) is 0 Å². The van der Waals surface area contributed by atoms with Crippen molar-refractivity contribution in [1.29, 1.82) is 0 Å². The maximum atomic E-state index is 11.9. The van der Waals surface area contributed by atoms with Gasteiger partial charge in [0, 0.05) is 19.1 Å². The fraction of sp³-hybridized carbons (Fsp3) is 0.923. The van der Waals surface area contributed by atoms with E-state index in [-0.39, 0.29) is 24.6 Å². The highest BCUT2D eigenvalue weighted by Crippen LogP contribution is 2.05. The zero-order chi connectivity index (χ0) is 13.3. The summed E-state index contributed by atoms with van der Waals surface area (Å²) in [5.74, 6) is 0.0586. The molecule has 0 aliphatic heterocycles. The fourth-order valence-electron chi connectivity index (χ4n) is 1.90. The van der Waals surface area contributed by atoms with E-state index >= 15 is 0 Å². The van der Waals surface area contributed by atoms with Crippen molar-refractivity contribution in [3.63, 3.8) is 0 Å². The lowest BCUT2D eigenvalue weighted by Crippen LogP contribution is -2.49. The standard InChI is InChI=1S/C13H28N2O2/c1-5-6-7-8-14-13(17)12(4)15(9-10-16)11(2)3/h11-12,16H,5-10H2,1-4H3,(H,14,17). The minimum atomic E-state index is -0.177. The first-order valence-electron chi connectivity index (χ1n) is 6.68. The fourth-order valence-corrected chi connectivity index (χ4v) is 1.90. The first-order valence-corrected chi connectivity index (χ1v) is 6.68. The van der Waals surface area contributed by atoms with Crippen molar-refractivity contribution in [2.75, 3.05) is 19.7 Å². The van der Waals surface area contributed by atoms with Crippen LogP contribution in [0.2, 0.25) is 0 Å². The highest BCUT2D eigenvalue weighted by Gasteiger charge is 2.22. The van der Waals surface area contributed by atoms with E-state index in [0.717, 1.165) is 25.8 Å². The van der Waals surface area contributed by atoms with Gasteiger partial charge in [-0.3, -0.25) is 9.69 Å². The molecule has 0 radical (unpaired) electrons. The largest absolute Gasteiger partial charge is 0.395 e. The summed E-state index contributed by atoms with van der Waals surface area (Å²) in [6.07, 6.45) is 3.35. The smallest absolute Gasteiger partial charge is 0.237 e. The van der Waals surface area contributed by atoms with Crippen LogP contribution in [0.4, 0.5) is 0 Å². The zero-order valence-electron chi connectivity index (χ0n) is 11.7. The Hall–Kier alpha value is -0.610. The van der Waals surface area contributed by atoms with Crippen LogP contribution in [-0.4, -0.2) is 47.7 Å². The second-order valence-electron chi connectivity index (χ2n) is 4.73. The molecule has 0 saturated carbocycles. The molecule has 0 fully saturated rings. The number of nitrogens with one attached hydrogen (secondary N) is 1. The number of hydrogen-bond acceptors (Lipinski definition) is 3. The minimum absolute atomic E-state index is 0.0586. The molecule has 0 spiro atoms. The summed E-state index contributed by atoms with van der Waals surface area (Å²) in [6, 6.07) is 0.0855. The summed E-state index contributed by atoms with van der Waals surface area (Å²) >= 11 is 0. The quantitative estimate of drug-likeness (QED) is 0.603. The molecule has 17 heavy (non-hydrogen) atoms. The molecule has 0 aromatic carbocycles. The van der Waals surface area contributed by atoms with Crippen LogP contribution in [-0.2, 0) is 4.79 Å². The van der Waals surface area contributed by atoms with Gasteiger partial charge in [0.15, 0.2) is 0 Å². The van der Waals surface area contributed by atoms with Crippen LogP contribution in [0, 0.1) is 0 Å². The van der Waals surface area contributed by atoms with E-state index < -0.39 is 0 Å². The van der Waals surface area contributed by atoms with Crippen molar-refractivity contribution in [3.8, 4) is 0 Å². The Labute approximate surface area is 105 Å². The normalized spacial score (nSPS) is 13.1. The molecule has 0 aliphatic carbocycles. The van der Waals surface area contributed by atoms with Gasteiger partial charge in [-0.1, -0.05) is 19.8 Å². The second kappa shape index (κ2) is 9.42. The molecule has 1 unspecified atom stereocenters. The van der Waals surface area contributed by atoms with E-state index in [0.29, 0.717) is 6.54 Å². The molecule has 2 N–H and O–H groups in total. The lowest BCUT2D eigenvalue weighted by molar-refractivity contribution is -0.126. The number of carbonyl (C=O) groups excluding carboxylic acids is 1. The zero-order valence-corrected chi connectivity index (χ0v) is 11.7. The Balaban J connectivity index is 4.06. The van der Waals surface area contributed by atoms with E-state index in [1.54, 1.807) is 0 Å². The van der Waals surface area contributed by atoms with Gasteiger partial charge in [-0.15, -0.1) is 0 Å². The first kappa shape index (κ1) is 16.4. The predicted molar refractivity (Wildman–Crippen MR) is 70.9 cm³/mol. The van der Waals surface area contributed by atoms with Gasteiger partial charge in [-0.05, 0) is 27.2 Å². The Morgan fingerprint density at radius 3 is 2.41 bits per heavy atom. The molecule has 0 aromatic heterocycles. The molecular formula is C13H28N2O2. The van der Waals surface area contributed by atoms with Gasteiger partial charge in [-0.2, -0.15) is 0 Å². The highest BCUT2D eigenvalue weighted by molar-refractivity contribution is 5.81. The lowest BCUT2D eigenvalue weighted by atomic mass is 10.2. The van der Waals surface area contributed by atoms with E-state index in [9.17, 15) is 4.79 Å². The summed E-state index contributed by atoms with van der Waals surface area (Å²) in [7, 11) is 0. The Morgan fingerprint density at radius 1 is 1.29 bits per heavy atom. The molecule has 0 aromatic rings.